The van der Waals surface area contributed by atoms with Gasteiger partial charge in [0.15, 0.2) is 11.5 Å². The smallest absolute Gasteiger partial charge is 0.433 e. The van der Waals surface area contributed by atoms with Crippen LogP contribution in [0.3, 0.4) is 0 Å². The number of carbonyl (C=O) groups excluding carboxylic acids is 3. The number of aromatic nitrogens is 4. The average Bonchev–Trinajstić information content (AvgIpc) is 2.37. The molecule has 16 nitrogen and oxygen atoms in total. The molecule has 5 saturated heterocycles. The number of phenolic OH excluding ortho intramolecular Hbond substituents is 1. The maximum atomic E-state index is 17.3. The highest BCUT2D eigenvalue weighted by atomic mass is 19.4. The molecule has 21 heteroatoms. The Kier molecular flexibility index (Phi) is 15.8. The molecule has 3 aromatic heterocycles. The van der Waals surface area contributed by atoms with E-state index in [0.717, 1.165) is 38.4 Å². The number of pyridine rings is 2. The van der Waals surface area contributed by atoms with Crippen LogP contribution in [0.5, 0.6) is 11.8 Å². The monoisotopic (exact) mass is 1140 g/mol. The molecular weight excluding hydrogens is 1080 g/mol. The second-order valence-electron chi connectivity index (χ2n) is 23.9. The van der Waals surface area contributed by atoms with Crippen molar-refractivity contribution in [3.8, 4) is 46.5 Å². The molecule has 83 heavy (non-hydrogen) atoms. The molecule has 0 radical (unpaired) electrons. The van der Waals surface area contributed by atoms with E-state index in [0.29, 0.717) is 66.6 Å². The van der Waals surface area contributed by atoms with Crippen molar-refractivity contribution >= 4 is 45.2 Å². The van der Waals surface area contributed by atoms with Gasteiger partial charge in [0.1, 0.15) is 47.3 Å². The minimum absolute atomic E-state index is 0.0178. The van der Waals surface area contributed by atoms with Gasteiger partial charge in [0.25, 0.3) is 0 Å². The first-order chi connectivity index (χ1) is 39.6. The molecule has 2 bridgehead atoms. The van der Waals surface area contributed by atoms with Crippen LogP contribution in [0.1, 0.15) is 108 Å². The van der Waals surface area contributed by atoms with Crippen LogP contribution in [-0.4, -0.2) is 144 Å². The van der Waals surface area contributed by atoms with Gasteiger partial charge in [-0.2, -0.15) is 23.1 Å². The fourth-order valence-electron chi connectivity index (χ4n) is 13.3. The number of terminal acetylenes is 1. The molecule has 436 valence electrons. The molecule has 0 spiro atoms. The van der Waals surface area contributed by atoms with E-state index in [9.17, 15) is 37.8 Å². The zero-order chi connectivity index (χ0) is 58.6. The summed E-state index contributed by atoms with van der Waals surface area (Å²) in [4.78, 5) is 68.2. The third-order valence-electron chi connectivity index (χ3n) is 17.2. The van der Waals surface area contributed by atoms with Gasteiger partial charge in [-0.05, 0) is 111 Å². The number of rotatable bonds is 15. The van der Waals surface area contributed by atoms with E-state index in [1.807, 2.05) is 20.8 Å². The van der Waals surface area contributed by atoms with E-state index in [2.05, 4.69) is 41.3 Å². The summed E-state index contributed by atoms with van der Waals surface area (Å²) in [6, 6.07) is 12.0. The Labute approximate surface area is 477 Å². The highest BCUT2D eigenvalue weighted by Gasteiger charge is 2.50. The number of halogens is 5. The summed E-state index contributed by atoms with van der Waals surface area (Å²) in [5, 5.41) is 29.3. The van der Waals surface area contributed by atoms with Crippen LogP contribution in [0, 0.1) is 29.4 Å². The predicted molar refractivity (Wildman–Crippen MR) is 302 cm³/mol. The van der Waals surface area contributed by atoms with E-state index in [4.69, 9.17) is 16.1 Å². The van der Waals surface area contributed by atoms with E-state index in [-0.39, 0.29) is 101 Å². The number of phenols is 1. The van der Waals surface area contributed by atoms with Crippen LogP contribution in [0.4, 0.5) is 27.8 Å². The number of nitrogens with zero attached hydrogens (tertiary/aromatic N) is 8. The number of aromatic hydroxyl groups is 1. The normalized spacial score (nSPS) is 22.9. The molecule has 11 rings (SSSR count). The number of carbonyl (C=O) groups is 3. The zero-order valence-electron chi connectivity index (χ0n) is 46.7. The molecule has 5 aliphatic heterocycles. The Bertz CT molecular complexity index is 3510. The number of anilines is 1. The van der Waals surface area contributed by atoms with Crippen LogP contribution in [-0.2, 0) is 20.6 Å². The Morgan fingerprint density at radius 1 is 0.952 bits per heavy atom. The summed E-state index contributed by atoms with van der Waals surface area (Å²) >= 11 is 0. The molecule has 8 heterocycles. The topological polar surface area (TPSA) is 189 Å². The lowest BCUT2D eigenvalue weighted by atomic mass is 9.83. The third kappa shape index (κ3) is 11.5. The van der Waals surface area contributed by atoms with Gasteiger partial charge in [-0.3, -0.25) is 29.3 Å². The summed E-state index contributed by atoms with van der Waals surface area (Å²) in [5.41, 5.74) is -1.14. The number of hydrogen-bond acceptors (Lipinski definition) is 13. The van der Waals surface area contributed by atoms with Gasteiger partial charge in [-0.15, -0.1) is 6.42 Å². The van der Waals surface area contributed by atoms with Crippen LogP contribution < -0.4 is 20.3 Å². The summed E-state index contributed by atoms with van der Waals surface area (Å²) in [6.07, 6.45) is 8.49. The van der Waals surface area contributed by atoms with Crippen molar-refractivity contribution in [2.24, 2.45) is 5.41 Å². The number of β-amino-alcohol motifs (C(OH)–C–C–N with tert-alkyl or cyclic N) is 1. The van der Waals surface area contributed by atoms with Gasteiger partial charge in [-0.1, -0.05) is 63.1 Å². The number of alkyl halides is 3. The maximum absolute atomic E-state index is 17.3. The highest BCUT2D eigenvalue weighted by molar-refractivity contribution is 6.03. The Morgan fingerprint density at radius 3 is 2.43 bits per heavy atom. The molecular formula is C62H67F5N10O6. The number of nitrogens with one attached hydrogen (secondary N) is 2. The van der Waals surface area contributed by atoms with Crippen molar-refractivity contribution in [1.82, 2.24) is 45.3 Å². The first-order valence-corrected chi connectivity index (χ1v) is 28.5. The number of hydrogen-bond donors (Lipinski definition) is 4. The number of likely N-dealkylation sites (tertiary alicyclic amines) is 3. The molecule has 8 atom stereocenters. The van der Waals surface area contributed by atoms with Gasteiger partial charge in [0.05, 0.1) is 23.1 Å². The van der Waals surface area contributed by atoms with Crippen LogP contribution in [0.2, 0.25) is 0 Å². The van der Waals surface area contributed by atoms with Gasteiger partial charge in [0, 0.05) is 85.6 Å². The van der Waals surface area contributed by atoms with Crippen molar-refractivity contribution in [3.63, 3.8) is 0 Å². The Balaban J connectivity index is 0.769. The quantitative estimate of drug-likeness (QED) is 0.0565. The molecule has 2 unspecified atom stereocenters. The molecule has 5 fully saturated rings. The van der Waals surface area contributed by atoms with Gasteiger partial charge < -0.3 is 40.3 Å². The van der Waals surface area contributed by atoms with Gasteiger partial charge in [-0.25, -0.2) is 8.78 Å². The Hall–Kier alpha value is -7.54. The van der Waals surface area contributed by atoms with Gasteiger partial charge in [0.2, 0.25) is 17.7 Å². The minimum Gasteiger partial charge on any atom is -0.508 e. The van der Waals surface area contributed by atoms with Crippen molar-refractivity contribution in [2.75, 3.05) is 44.2 Å². The molecule has 5 aliphatic rings. The van der Waals surface area contributed by atoms with Crippen LogP contribution >= 0.6 is 0 Å². The van der Waals surface area contributed by atoms with E-state index in [1.165, 1.54) is 59.6 Å². The van der Waals surface area contributed by atoms with Crippen molar-refractivity contribution in [2.45, 2.75) is 140 Å². The summed E-state index contributed by atoms with van der Waals surface area (Å²) in [7, 11) is 0. The SMILES string of the molecule is C#Cc1c(F)ccc2cc(O)cc(-c3ncc4c(N5CC6CCC(C5)N6)nc(OC[C@@H]5CCCN5CCC[C@H]5CCC(=O)N5[C@H](C(=O)N5C[C@H](O)C[C@H]5C(=O)N[C@@H](C)c5ccc(-c6cccnc6C(F)(F)F)cc5)C(C)(C)C)nc4c3F)c12. The summed E-state index contributed by atoms with van der Waals surface area (Å²) < 4.78 is 80.1. The van der Waals surface area contributed by atoms with E-state index >= 15 is 8.78 Å². The van der Waals surface area contributed by atoms with Crippen molar-refractivity contribution in [1.29, 1.82) is 0 Å². The third-order valence-corrected chi connectivity index (χ3v) is 17.2. The van der Waals surface area contributed by atoms with E-state index in [1.54, 1.807) is 24.0 Å². The molecule has 3 amide bonds. The van der Waals surface area contributed by atoms with Crippen LogP contribution in [0.15, 0.2) is 73.1 Å². The number of aliphatic hydroxyl groups is 1. The number of aliphatic hydroxyl groups excluding tert-OH is 1. The molecule has 3 aromatic carbocycles. The first-order valence-electron chi connectivity index (χ1n) is 28.5. The van der Waals surface area contributed by atoms with E-state index < -0.39 is 65.0 Å². The lowest BCUT2D eigenvalue weighted by Gasteiger charge is -2.43. The van der Waals surface area contributed by atoms with Crippen molar-refractivity contribution < 1.29 is 51.3 Å². The number of amides is 3. The zero-order valence-corrected chi connectivity index (χ0v) is 46.7. The predicted octanol–water partition coefficient (Wildman–Crippen LogP) is 8.70. The average molecular weight is 1140 g/mol. The van der Waals surface area contributed by atoms with Crippen molar-refractivity contribution in [3.05, 3.63) is 102 Å². The van der Waals surface area contributed by atoms with Crippen LogP contribution in [0.25, 0.3) is 44.1 Å². The maximum Gasteiger partial charge on any atom is 0.433 e. The first kappa shape index (κ1) is 57.3. The highest BCUT2D eigenvalue weighted by Crippen LogP contribution is 2.42. The number of fused-ring (bicyclic) bond motifs is 4. The number of piperazine rings is 1. The fourth-order valence-corrected chi connectivity index (χ4v) is 13.3. The fraction of sp³-hybridized carbons (Fsp3) is 0.468. The number of benzene rings is 3. The van der Waals surface area contributed by atoms with Gasteiger partial charge >= 0.3 is 12.2 Å². The minimum atomic E-state index is -4.65. The number of ether oxygens (including phenoxy) is 1. The lowest BCUT2D eigenvalue weighted by Crippen LogP contribution is -2.59. The molecule has 0 aliphatic carbocycles. The standard InChI is InChI=1S/C62H67F5N10O6/c1-6-44-48(63)21-17-37-26-42(78)27-46(51(37)44)53-52(64)54-47(29-69-53)57(75-30-38-18-19-39(31-75)71-38)73-60(72-54)83-33-41-11-9-25-74(41)24-8-10-40-20-22-50(80)77(40)56(61(3,4)5)59(82)76-32-43(79)28-49(76)58(81)70-34(2)35-13-15-36(16-14-35)45-12-7-23-68-55(45)62(65,66)67/h1,7,12-17,21,23,26-27,29,34,38-41,43,49,56,71,78-79H,8-11,18-20,22,24-25,28,30-33H2,2-5H3,(H,70,81)/t34-,38?,39?,40-,41-,43+,49-,56+/m0/s1. The second kappa shape index (κ2) is 22.9. The second-order valence-corrected chi connectivity index (χ2v) is 23.9. The lowest BCUT2D eigenvalue weighted by molar-refractivity contribution is -0.152. The largest absolute Gasteiger partial charge is 0.508 e. The molecule has 0 saturated carbocycles. The molecule has 6 aromatic rings. The summed E-state index contributed by atoms with van der Waals surface area (Å²) in [5.74, 6) is 0.110. The molecule has 4 N–H and O–H groups in total. The Morgan fingerprint density at radius 2 is 1.71 bits per heavy atom. The summed E-state index contributed by atoms with van der Waals surface area (Å²) in [6.45, 7) is 10.2.